The van der Waals surface area contributed by atoms with Gasteiger partial charge in [-0.1, -0.05) is 43.2 Å². The number of hydrogen-bond donors (Lipinski definition) is 1. The first-order valence-corrected chi connectivity index (χ1v) is 6.38. The molecule has 1 aliphatic rings. The highest BCUT2D eigenvalue weighted by Crippen LogP contribution is 2.37. The Bertz CT molecular complexity index is 404. The molecule has 0 atom stereocenters. The number of unbranched alkanes of at least 4 members (excludes halogenated alkanes) is 3. The molecule has 2 rings (SSSR count). The predicted octanol–water partition coefficient (Wildman–Crippen LogP) is 3.62. The molecule has 1 heterocycles. The van der Waals surface area contributed by atoms with Crippen LogP contribution in [0.25, 0.3) is 0 Å². The van der Waals surface area contributed by atoms with Crippen molar-refractivity contribution in [3.05, 3.63) is 35.9 Å². The van der Waals surface area contributed by atoms with Crippen molar-refractivity contribution < 1.29 is 5.11 Å². The van der Waals surface area contributed by atoms with Gasteiger partial charge < -0.3 is 5.11 Å². The van der Waals surface area contributed by atoms with E-state index in [1.165, 1.54) is 0 Å². The van der Waals surface area contributed by atoms with Crippen LogP contribution < -0.4 is 0 Å². The zero-order chi connectivity index (χ0) is 12.7. The number of aliphatic hydroxyl groups excluding tert-OH is 1. The van der Waals surface area contributed by atoms with Gasteiger partial charge in [0, 0.05) is 18.6 Å². The number of nitrogens with zero attached hydrogens (tertiary/aromatic N) is 4. The lowest BCUT2D eigenvalue weighted by Crippen LogP contribution is -2.18. The zero-order valence-corrected chi connectivity index (χ0v) is 10.4. The Morgan fingerprint density at radius 1 is 0.889 bits per heavy atom. The van der Waals surface area contributed by atoms with Crippen molar-refractivity contribution in [1.29, 1.82) is 0 Å². The maximum absolute atomic E-state index is 8.74. The Kier molecular flexibility index (Phi) is 4.52. The van der Waals surface area contributed by atoms with Gasteiger partial charge in [0.2, 0.25) is 5.66 Å². The second-order valence-electron chi connectivity index (χ2n) is 4.45. The van der Waals surface area contributed by atoms with Crippen molar-refractivity contribution in [2.45, 2.75) is 37.8 Å². The molecule has 1 aromatic carbocycles. The molecule has 0 aliphatic carbocycles. The second kappa shape index (κ2) is 6.35. The topological polar surface area (TPSA) is 69.7 Å². The van der Waals surface area contributed by atoms with E-state index in [0.29, 0.717) is 0 Å². The minimum Gasteiger partial charge on any atom is -0.396 e. The lowest BCUT2D eigenvalue weighted by atomic mass is 9.94. The van der Waals surface area contributed by atoms with Crippen LogP contribution in [0, 0.1) is 0 Å². The first kappa shape index (κ1) is 12.8. The average molecular weight is 246 g/mol. The Hall–Kier alpha value is -1.62. The highest BCUT2D eigenvalue weighted by atomic mass is 16.2. The summed E-state index contributed by atoms with van der Waals surface area (Å²) in [6.07, 6.45) is 4.79. The van der Waals surface area contributed by atoms with Gasteiger partial charge in [0.1, 0.15) is 0 Å². The van der Waals surface area contributed by atoms with E-state index in [9.17, 15) is 0 Å². The number of rotatable bonds is 7. The van der Waals surface area contributed by atoms with Crippen molar-refractivity contribution in [3.8, 4) is 0 Å². The summed E-state index contributed by atoms with van der Waals surface area (Å²) in [6.45, 7) is 0.267. The van der Waals surface area contributed by atoms with E-state index in [1.807, 2.05) is 30.3 Å². The highest BCUT2D eigenvalue weighted by molar-refractivity contribution is 5.24. The summed E-state index contributed by atoms with van der Waals surface area (Å²) in [7, 11) is 0. The lowest BCUT2D eigenvalue weighted by Gasteiger charge is -2.19. The van der Waals surface area contributed by atoms with Crippen molar-refractivity contribution in [2.75, 3.05) is 6.61 Å². The number of aliphatic hydroxyl groups is 1. The van der Waals surface area contributed by atoms with Gasteiger partial charge in [-0.15, -0.1) is 10.2 Å². The van der Waals surface area contributed by atoms with Gasteiger partial charge in [0.05, 0.1) is 0 Å². The number of hydrogen-bond acceptors (Lipinski definition) is 5. The third kappa shape index (κ3) is 2.98. The molecular formula is C13H18N4O. The molecule has 5 nitrogen and oxygen atoms in total. The summed E-state index contributed by atoms with van der Waals surface area (Å²) in [5.41, 5.74) is 0.428. The van der Waals surface area contributed by atoms with Gasteiger partial charge in [-0.2, -0.15) is 0 Å². The molecule has 0 fully saturated rings. The summed E-state index contributed by atoms with van der Waals surface area (Å²) in [5, 5.41) is 24.5. The van der Waals surface area contributed by atoms with Crippen LogP contribution in [0.5, 0.6) is 0 Å². The van der Waals surface area contributed by atoms with Gasteiger partial charge in [-0.3, -0.25) is 0 Å². The van der Waals surface area contributed by atoms with Crippen LogP contribution in [0.2, 0.25) is 0 Å². The van der Waals surface area contributed by atoms with Crippen LogP contribution >= 0.6 is 0 Å². The van der Waals surface area contributed by atoms with Gasteiger partial charge in [0.25, 0.3) is 0 Å². The van der Waals surface area contributed by atoms with Crippen LogP contribution in [0.1, 0.15) is 37.7 Å². The lowest BCUT2D eigenvalue weighted by molar-refractivity contribution is 0.281. The van der Waals surface area contributed by atoms with Crippen molar-refractivity contribution in [1.82, 2.24) is 0 Å². The van der Waals surface area contributed by atoms with Crippen LogP contribution in [0.3, 0.4) is 0 Å². The number of benzene rings is 1. The first-order valence-electron chi connectivity index (χ1n) is 6.38. The summed E-state index contributed by atoms with van der Waals surface area (Å²) in [6, 6.07) is 9.95. The van der Waals surface area contributed by atoms with Gasteiger partial charge in [-0.05, 0) is 23.3 Å². The Balaban J connectivity index is 1.96. The minimum absolute atomic E-state index is 0.267. The summed E-state index contributed by atoms with van der Waals surface area (Å²) < 4.78 is 0. The minimum atomic E-state index is -0.611. The molecule has 0 bridgehead atoms. The molecule has 1 aliphatic heterocycles. The van der Waals surface area contributed by atoms with Crippen molar-refractivity contribution in [3.63, 3.8) is 0 Å². The normalized spacial score (nSPS) is 16.3. The Morgan fingerprint density at radius 3 is 2.22 bits per heavy atom. The maximum atomic E-state index is 8.74. The third-order valence-electron chi connectivity index (χ3n) is 3.13. The fourth-order valence-electron chi connectivity index (χ4n) is 2.11. The smallest absolute Gasteiger partial charge is 0.220 e. The largest absolute Gasteiger partial charge is 0.396 e. The monoisotopic (exact) mass is 246 g/mol. The van der Waals surface area contributed by atoms with Gasteiger partial charge in [0.15, 0.2) is 0 Å². The van der Waals surface area contributed by atoms with E-state index < -0.39 is 5.66 Å². The summed E-state index contributed by atoms with van der Waals surface area (Å²) in [5.74, 6) is 0. The molecule has 1 N–H and O–H groups in total. The summed E-state index contributed by atoms with van der Waals surface area (Å²) in [4.78, 5) is 0. The van der Waals surface area contributed by atoms with Crippen LogP contribution in [0.15, 0.2) is 51.0 Å². The van der Waals surface area contributed by atoms with E-state index >= 15 is 0 Å². The van der Waals surface area contributed by atoms with E-state index in [2.05, 4.69) is 20.7 Å². The standard InChI is InChI=1S/C13H18N4O/c18-11-7-2-1-6-10-13(14-16-17-15-13)12-8-4-3-5-9-12/h3-5,8-9,18H,1-2,6-7,10-11H2. The van der Waals surface area contributed by atoms with E-state index in [-0.39, 0.29) is 6.61 Å². The second-order valence-corrected chi connectivity index (χ2v) is 4.45. The molecule has 0 aromatic heterocycles. The molecule has 18 heavy (non-hydrogen) atoms. The molecule has 5 heteroatoms. The van der Waals surface area contributed by atoms with Crippen LogP contribution in [-0.2, 0) is 5.66 Å². The average Bonchev–Trinajstić information content (AvgIpc) is 2.90. The molecule has 0 saturated heterocycles. The fraction of sp³-hybridized carbons (Fsp3) is 0.538. The first-order chi connectivity index (χ1) is 8.87. The van der Waals surface area contributed by atoms with E-state index in [4.69, 9.17) is 5.11 Å². The van der Waals surface area contributed by atoms with Crippen molar-refractivity contribution >= 4 is 0 Å². The van der Waals surface area contributed by atoms with Crippen LogP contribution in [0.4, 0.5) is 0 Å². The fourth-order valence-corrected chi connectivity index (χ4v) is 2.11. The van der Waals surface area contributed by atoms with E-state index in [0.717, 1.165) is 37.7 Å². The van der Waals surface area contributed by atoms with Crippen molar-refractivity contribution in [2.24, 2.45) is 20.7 Å². The molecule has 0 unspecified atom stereocenters. The third-order valence-corrected chi connectivity index (χ3v) is 3.13. The molecule has 1 aromatic rings. The van der Waals surface area contributed by atoms with Crippen LogP contribution in [-0.4, -0.2) is 11.7 Å². The quantitative estimate of drug-likeness (QED) is 0.733. The predicted molar refractivity (Wildman–Crippen MR) is 68.0 cm³/mol. The molecule has 96 valence electrons. The summed E-state index contributed by atoms with van der Waals surface area (Å²) >= 11 is 0. The van der Waals surface area contributed by atoms with E-state index in [1.54, 1.807) is 0 Å². The molecule has 0 spiro atoms. The zero-order valence-electron chi connectivity index (χ0n) is 10.4. The van der Waals surface area contributed by atoms with Gasteiger partial charge >= 0.3 is 0 Å². The SMILES string of the molecule is OCCCCCCC1(c2ccccc2)N=NN=N1. The van der Waals surface area contributed by atoms with Gasteiger partial charge in [-0.25, -0.2) is 0 Å². The Labute approximate surface area is 107 Å². The molecule has 0 amide bonds. The Morgan fingerprint density at radius 2 is 1.56 bits per heavy atom. The highest BCUT2D eigenvalue weighted by Gasteiger charge is 2.34. The molecular weight excluding hydrogens is 228 g/mol. The molecule has 0 saturated carbocycles. The maximum Gasteiger partial charge on any atom is 0.220 e. The molecule has 0 radical (unpaired) electrons.